The van der Waals surface area contributed by atoms with Crippen molar-refractivity contribution in [3.8, 4) is 0 Å². The van der Waals surface area contributed by atoms with Crippen LogP contribution in [-0.2, 0) is 6.42 Å². The fraction of sp³-hybridized carbons (Fsp3) is 0.308. The van der Waals surface area contributed by atoms with E-state index in [4.69, 9.17) is 0 Å². The molecule has 6 heteroatoms. The lowest BCUT2D eigenvalue weighted by molar-refractivity contribution is 0.0954. The zero-order valence-corrected chi connectivity index (χ0v) is 11.5. The first kappa shape index (κ1) is 13.5. The molecule has 2 aromatic rings. The summed E-state index contributed by atoms with van der Waals surface area (Å²) in [6, 6.07) is 3.57. The molecule has 100 valence electrons. The molecule has 2 rings (SSSR count). The van der Waals surface area contributed by atoms with Crippen LogP contribution in [0.5, 0.6) is 0 Å². The van der Waals surface area contributed by atoms with E-state index in [-0.39, 0.29) is 5.91 Å². The lowest BCUT2D eigenvalue weighted by Gasteiger charge is -2.05. The largest absolute Gasteiger partial charge is 0.370 e. The van der Waals surface area contributed by atoms with E-state index >= 15 is 0 Å². The Bertz CT molecular complexity index is 510. The first-order chi connectivity index (χ1) is 9.29. The molecule has 5 nitrogen and oxygen atoms in total. The molecule has 0 aliphatic carbocycles. The number of nitrogens with one attached hydrogen (secondary N) is 2. The molecular formula is C13H16N4OS. The number of rotatable bonds is 6. The van der Waals surface area contributed by atoms with Crippen molar-refractivity contribution in [2.24, 2.45) is 0 Å². The van der Waals surface area contributed by atoms with E-state index in [1.165, 1.54) is 0 Å². The summed E-state index contributed by atoms with van der Waals surface area (Å²) in [6.45, 7) is 3.39. The van der Waals surface area contributed by atoms with Gasteiger partial charge in [-0.05, 0) is 19.1 Å². The minimum atomic E-state index is -0.106. The van der Waals surface area contributed by atoms with Crippen molar-refractivity contribution >= 4 is 23.1 Å². The van der Waals surface area contributed by atoms with Crippen molar-refractivity contribution in [3.05, 3.63) is 40.5 Å². The number of hydrogen-bond donors (Lipinski definition) is 2. The average molecular weight is 276 g/mol. The molecule has 0 saturated carbocycles. The fourth-order valence-electron chi connectivity index (χ4n) is 1.58. The number of carbonyl (C=O) groups excluding carboxylic acids is 1. The van der Waals surface area contributed by atoms with Gasteiger partial charge in [0.15, 0.2) is 0 Å². The second-order valence-corrected chi connectivity index (χ2v) is 4.67. The summed E-state index contributed by atoms with van der Waals surface area (Å²) in [5, 5.41) is 7.92. The summed E-state index contributed by atoms with van der Waals surface area (Å²) in [7, 11) is 0. The highest BCUT2D eigenvalue weighted by atomic mass is 32.1. The van der Waals surface area contributed by atoms with Gasteiger partial charge in [0.25, 0.3) is 5.91 Å². The van der Waals surface area contributed by atoms with Crippen LogP contribution in [0.3, 0.4) is 0 Å². The standard InChI is InChI=1S/C13H16N4OS/c1-2-14-12-4-3-10(7-16-12)13(18)15-6-5-11-8-19-9-17-11/h3-4,7-9H,2,5-6H2,1H3,(H,14,16)(H,15,18). The fourth-order valence-corrected chi connectivity index (χ4v) is 2.17. The van der Waals surface area contributed by atoms with Gasteiger partial charge in [-0.25, -0.2) is 9.97 Å². The SMILES string of the molecule is CCNc1ccc(C(=O)NCCc2cscn2)cn1. The summed E-state index contributed by atoms with van der Waals surface area (Å²) in [6.07, 6.45) is 2.33. The third kappa shape index (κ3) is 4.03. The van der Waals surface area contributed by atoms with Crippen LogP contribution >= 0.6 is 11.3 Å². The maximum Gasteiger partial charge on any atom is 0.252 e. The van der Waals surface area contributed by atoms with E-state index in [1.807, 2.05) is 12.3 Å². The molecule has 2 N–H and O–H groups in total. The summed E-state index contributed by atoms with van der Waals surface area (Å²) >= 11 is 1.56. The molecule has 0 spiro atoms. The Hall–Kier alpha value is -1.95. The van der Waals surface area contributed by atoms with E-state index < -0.39 is 0 Å². The van der Waals surface area contributed by atoms with Gasteiger partial charge in [0.05, 0.1) is 16.8 Å². The van der Waals surface area contributed by atoms with Gasteiger partial charge in [-0.15, -0.1) is 11.3 Å². The molecule has 0 atom stereocenters. The van der Waals surface area contributed by atoms with E-state index in [9.17, 15) is 4.79 Å². The Morgan fingerprint density at radius 1 is 1.37 bits per heavy atom. The predicted molar refractivity (Wildman–Crippen MR) is 76.6 cm³/mol. The van der Waals surface area contributed by atoms with Crippen LogP contribution in [0.1, 0.15) is 23.0 Å². The van der Waals surface area contributed by atoms with Crippen molar-refractivity contribution in [2.75, 3.05) is 18.4 Å². The molecule has 1 amide bonds. The summed E-state index contributed by atoms with van der Waals surface area (Å²) in [4.78, 5) is 20.2. The third-order valence-electron chi connectivity index (χ3n) is 2.53. The molecule has 0 unspecified atom stereocenters. The molecule has 0 aliphatic heterocycles. The van der Waals surface area contributed by atoms with Crippen molar-refractivity contribution in [2.45, 2.75) is 13.3 Å². The van der Waals surface area contributed by atoms with Gasteiger partial charge in [0.2, 0.25) is 0 Å². The summed E-state index contributed by atoms with van der Waals surface area (Å²) in [5.74, 6) is 0.673. The van der Waals surface area contributed by atoms with Gasteiger partial charge in [0.1, 0.15) is 5.82 Å². The first-order valence-corrected chi connectivity index (χ1v) is 7.09. The molecule has 2 aromatic heterocycles. The maximum absolute atomic E-state index is 11.9. The molecule has 0 bridgehead atoms. The normalized spacial score (nSPS) is 10.2. The zero-order valence-electron chi connectivity index (χ0n) is 10.7. The van der Waals surface area contributed by atoms with Gasteiger partial charge in [-0.2, -0.15) is 0 Å². The minimum absolute atomic E-state index is 0.106. The topological polar surface area (TPSA) is 66.9 Å². The van der Waals surface area contributed by atoms with Crippen LogP contribution in [0.25, 0.3) is 0 Å². The van der Waals surface area contributed by atoms with E-state index in [0.717, 1.165) is 24.5 Å². The Morgan fingerprint density at radius 2 is 2.26 bits per heavy atom. The van der Waals surface area contributed by atoms with Crippen LogP contribution in [-0.4, -0.2) is 29.0 Å². The Balaban J connectivity index is 1.82. The van der Waals surface area contributed by atoms with Crippen LogP contribution < -0.4 is 10.6 Å². The summed E-state index contributed by atoms with van der Waals surface area (Å²) < 4.78 is 0. The van der Waals surface area contributed by atoms with Gasteiger partial charge < -0.3 is 10.6 Å². The molecule has 0 aliphatic rings. The monoisotopic (exact) mass is 276 g/mol. The smallest absolute Gasteiger partial charge is 0.252 e. The number of hydrogen-bond acceptors (Lipinski definition) is 5. The average Bonchev–Trinajstić information content (AvgIpc) is 2.93. The van der Waals surface area contributed by atoms with Crippen LogP contribution in [0, 0.1) is 0 Å². The number of aromatic nitrogens is 2. The number of amides is 1. The highest BCUT2D eigenvalue weighted by Gasteiger charge is 2.05. The molecule has 0 fully saturated rings. The molecule has 0 radical (unpaired) electrons. The minimum Gasteiger partial charge on any atom is -0.370 e. The van der Waals surface area contributed by atoms with Gasteiger partial charge in [-0.1, -0.05) is 0 Å². The Labute approximate surface area is 116 Å². The molecular weight excluding hydrogens is 260 g/mol. The maximum atomic E-state index is 11.9. The molecule has 0 saturated heterocycles. The van der Waals surface area contributed by atoms with E-state index in [1.54, 1.807) is 35.2 Å². The van der Waals surface area contributed by atoms with Crippen molar-refractivity contribution < 1.29 is 4.79 Å². The second kappa shape index (κ2) is 6.84. The molecule has 0 aromatic carbocycles. The molecule has 19 heavy (non-hydrogen) atoms. The third-order valence-corrected chi connectivity index (χ3v) is 3.17. The number of nitrogens with zero attached hydrogens (tertiary/aromatic N) is 2. The number of pyridine rings is 1. The van der Waals surface area contributed by atoms with Crippen molar-refractivity contribution in [1.29, 1.82) is 0 Å². The lowest BCUT2D eigenvalue weighted by atomic mass is 10.2. The van der Waals surface area contributed by atoms with Crippen molar-refractivity contribution in [3.63, 3.8) is 0 Å². The quantitative estimate of drug-likeness (QED) is 0.846. The number of thiazole rings is 1. The van der Waals surface area contributed by atoms with E-state index in [2.05, 4.69) is 20.6 Å². The number of carbonyl (C=O) groups is 1. The zero-order chi connectivity index (χ0) is 13.5. The van der Waals surface area contributed by atoms with Gasteiger partial charge >= 0.3 is 0 Å². The highest BCUT2D eigenvalue weighted by Crippen LogP contribution is 2.05. The number of anilines is 1. The van der Waals surface area contributed by atoms with Crippen LogP contribution in [0.2, 0.25) is 0 Å². The van der Waals surface area contributed by atoms with Crippen LogP contribution in [0.4, 0.5) is 5.82 Å². The van der Waals surface area contributed by atoms with Crippen LogP contribution in [0.15, 0.2) is 29.2 Å². The lowest BCUT2D eigenvalue weighted by Crippen LogP contribution is -2.25. The van der Waals surface area contributed by atoms with Gasteiger partial charge in [-0.3, -0.25) is 4.79 Å². The Kier molecular flexibility index (Phi) is 4.85. The van der Waals surface area contributed by atoms with Crippen molar-refractivity contribution in [1.82, 2.24) is 15.3 Å². The Morgan fingerprint density at radius 3 is 2.89 bits per heavy atom. The predicted octanol–water partition coefficient (Wildman–Crippen LogP) is 1.94. The van der Waals surface area contributed by atoms with E-state index in [0.29, 0.717) is 12.1 Å². The molecule has 2 heterocycles. The first-order valence-electron chi connectivity index (χ1n) is 6.14. The second-order valence-electron chi connectivity index (χ2n) is 3.95. The highest BCUT2D eigenvalue weighted by molar-refractivity contribution is 7.07. The van der Waals surface area contributed by atoms with Gasteiger partial charge in [0, 0.05) is 31.1 Å². The summed E-state index contributed by atoms with van der Waals surface area (Å²) in [5.41, 5.74) is 3.37.